The van der Waals surface area contributed by atoms with Crippen molar-refractivity contribution in [2.75, 3.05) is 26.1 Å². The van der Waals surface area contributed by atoms with Gasteiger partial charge in [0.15, 0.2) is 5.78 Å². The van der Waals surface area contributed by atoms with Crippen LogP contribution in [0, 0.1) is 0 Å². The molecule has 1 aliphatic carbocycles. The lowest BCUT2D eigenvalue weighted by molar-refractivity contribution is -0.136. The number of rotatable bonds is 4. The van der Waals surface area contributed by atoms with Crippen LogP contribution >= 0.6 is 0 Å². The number of hydrogen-bond donors (Lipinski definition) is 1. The van der Waals surface area contributed by atoms with E-state index in [9.17, 15) is 9.59 Å². The summed E-state index contributed by atoms with van der Waals surface area (Å²) in [5.74, 6) is -0.313. The topological polar surface area (TPSA) is 71.8 Å². The highest BCUT2D eigenvalue weighted by Gasteiger charge is 2.42. The van der Waals surface area contributed by atoms with Crippen LogP contribution in [0.4, 0.5) is 5.69 Å². The summed E-state index contributed by atoms with van der Waals surface area (Å²) in [6.07, 6.45) is 2.65. The number of anilines is 1. The van der Waals surface area contributed by atoms with Crippen molar-refractivity contribution >= 4 is 17.4 Å². The van der Waals surface area contributed by atoms with E-state index in [1.54, 1.807) is 18.4 Å². The summed E-state index contributed by atoms with van der Waals surface area (Å²) in [7, 11) is 5.36. The van der Waals surface area contributed by atoms with Crippen molar-refractivity contribution in [3.8, 4) is 0 Å². The van der Waals surface area contributed by atoms with Gasteiger partial charge in [0, 0.05) is 43.2 Å². The molecular formula is C24H26N2O4. The van der Waals surface area contributed by atoms with Gasteiger partial charge in [0.2, 0.25) is 0 Å². The Balaban J connectivity index is 1.72. The Hall–Kier alpha value is -3.28. The first kappa shape index (κ1) is 20.0. The summed E-state index contributed by atoms with van der Waals surface area (Å²) in [4.78, 5) is 27.9. The van der Waals surface area contributed by atoms with Crippen LogP contribution in [-0.4, -0.2) is 33.0 Å². The lowest BCUT2D eigenvalue weighted by Gasteiger charge is -2.35. The quantitative estimate of drug-likeness (QED) is 0.777. The van der Waals surface area contributed by atoms with Gasteiger partial charge in [-0.3, -0.25) is 4.79 Å². The van der Waals surface area contributed by atoms with Crippen molar-refractivity contribution in [3.63, 3.8) is 0 Å². The number of ketones is 1. The van der Waals surface area contributed by atoms with Gasteiger partial charge in [-0.25, -0.2) is 4.79 Å². The summed E-state index contributed by atoms with van der Waals surface area (Å²) in [5, 5.41) is 3.32. The zero-order valence-corrected chi connectivity index (χ0v) is 17.7. The minimum atomic E-state index is -0.548. The summed E-state index contributed by atoms with van der Waals surface area (Å²) in [6, 6.07) is 11.9. The predicted molar refractivity (Wildman–Crippen MR) is 114 cm³/mol. The van der Waals surface area contributed by atoms with Crippen molar-refractivity contribution < 1.29 is 18.7 Å². The van der Waals surface area contributed by atoms with Gasteiger partial charge in [-0.1, -0.05) is 12.1 Å². The largest absolute Gasteiger partial charge is 0.468 e. The van der Waals surface area contributed by atoms with E-state index in [0.717, 1.165) is 16.9 Å². The van der Waals surface area contributed by atoms with Gasteiger partial charge < -0.3 is 19.4 Å². The van der Waals surface area contributed by atoms with Gasteiger partial charge in [0.25, 0.3) is 0 Å². The molecule has 0 amide bonds. The molecule has 1 aliphatic heterocycles. The number of Topliss-reactive ketones (excluding diaryl/α,β-unsaturated/α-hetero) is 1. The molecule has 1 aromatic carbocycles. The average Bonchev–Trinajstić information content (AvgIpc) is 3.26. The van der Waals surface area contributed by atoms with E-state index in [-0.39, 0.29) is 11.7 Å². The number of carbonyl (C=O) groups excluding carboxylic acids is 2. The molecule has 2 aliphatic rings. The van der Waals surface area contributed by atoms with E-state index in [1.165, 1.54) is 7.11 Å². The molecule has 2 aromatic rings. The number of nitrogens with one attached hydrogen (secondary N) is 1. The number of benzene rings is 1. The monoisotopic (exact) mass is 406 g/mol. The van der Waals surface area contributed by atoms with Gasteiger partial charge in [-0.15, -0.1) is 0 Å². The molecule has 2 atom stereocenters. The van der Waals surface area contributed by atoms with Crippen LogP contribution in [0.2, 0.25) is 0 Å². The summed E-state index contributed by atoms with van der Waals surface area (Å²) in [6.45, 7) is 1.84. The molecule has 0 bridgehead atoms. The molecule has 1 N–H and O–H groups in total. The predicted octanol–water partition coefficient (Wildman–Crippen LogP) is 3.88. The van der Waals surface area contributed by atoms with Gasteiger partial charge in [0.1, 0.15) is 5.76 Å². The molecule has 6 nitrogen and oxygen atoms in total. The Bertz CT molecular complexity index is 1030. The zero-order valence-electron chi connectivity index (χ0n) is 17.7. The van der Waals surface area contributed by atoms with Crippen molar-refractivity contribution in [1.82, 2.24) is 5.32 Å². The first-order valence-corrected chi connectivity index (χ1v) is 10.0. The fraction of sp³-hybridized carbons (Fsp3) is 0.333. The van der Waals surface area contributed by atoms with E-state index in [4.69, 9.17) is 9.15 Å². The lowest BCUT2D eigenvalue weighted by atomic mass is 9.73. The van der Waals surface area contributed by atoms with Gasteiger partial charge in [-0.05, 0) is 49.1 Å². The molecule has 0 unspecified atom stereocenters. The molecule has 0 saturated heterocycles. The Kier molecular flexibility index (Phi) is 5.24. The number of furan rings is 1. The van der Waals surface area contributed by atoms with Crippen molar-refractivity contribution in [2.24, 2.45) is 0 Å². The van der Waals surface area contributed by atoms with Crippen LogP contribution in [0.25, 0.3) is 0 Å². The third-order valence-corrected chi connectivity index (χ3v) is 5.94. The van der Waals surface area contributed by atoms with Crippen LogP contribution in [0.5, 0.6) is 0 Å². The molecule has 0 saturated carbocycles. The maximum absolute atomic E-state index is 13.3. The van der Waals surface area contributed by atoms with Crippen LogP contribution in [0.15, 0.2) is 69.6 Å². The van der Waals surface area contributed by atoms with Crippen molar-refractivity contribution in [3.05, 3.63) is 76.5 Å². The molecule has 6 heteroatoms. The van der Waals surface area contributed by atoms with E-state index >= 15 is 0 Å². The minimum absolute atomic E-state index is 0.0285. The normalized spacial score (nSPS) is 21.3. The van der Waals surface area contributed by atoms with Crippen LogP contribution in [-0.2, 0) is 14.3 Å². The van der Waals surface area contributed by atoms with Crippen molar-refractivity contribution in [2.45, 2.75) is 31.6 Å². The molecular weight excluding hydrogens is 380 g/mol. The minimum Gasteiger partial charge on any atom is -0.468 e. The molecule has 2 heterocycles. The third kappa shape index (κ3) is 3.43. The number of esters is 1. The van der Waals surface area contributed by atoms with Crippen LogP contribution in [0.1, 0.15) is 42.9 Å². The van der Waals surface area contributed by atoms with E-state index < -0.39 is 11.9 Å². The smallest absolute Gasteiger partial charge is 0.336 e. The molecule has 1 aromatic heterocycles. The maximum atomic E-state index is 13.3. The Labute approximate surface area is 176 Å². The Morgan fingerprint density at radius 1 is 1.17 bits per heavy atom. The first-order chi connectivity index (χ1) is 14.4. The molecule has 0 fully saturated rings. The van der Waals surface area contributed by atoms with E-state index in [1.807, 2.05) is 21.0 Å². The van der Waals surface area contributed by atoms with E-state index in [0.29, 0.717) is 35.4 Å². The number of methoxy groups -OCH3 is 1. The Morgan fingerprint density at radius 3 is 2.50 bits per heavy atom. The molecule has 4 rings (SSSR count). The second kappa shape index (κ2) is 7.86. The summed E-state index contributed by atoms with van der Waals surface area (Å²) >= 11 is 0. The average molecular weight is 406 g/mol. The summed E-state index contributed by atoms with van der Waals surface area (Å²) in [5.41, 5.74) is 4.84. The highest BCUT2D eigenvalue weighted by Crippen LogP contribution is 2.45. The number of allylic oxidation sites excluding steroid dienone is 3. The number of dihydropyridines is 1. The van der Waals surface area contributed by atoms with Crippen molar-refractivity contribution in [1.29, 1.82) is 0 Å². The highest BCUT2D eigenvalue weighted by molar-refractivity contribution is 6.04. The summed E-state index contributed by atoms with van der Waals surface area (Å²) < 4.78 is 10.6. The zero-order chi connectivity index (χ0) is 21.4. The fourth-order valence-corrected chi connectivity index (χ4v) is 4.44. The van der Waals surface area contributed by atoms with Gasteiger partial charge in [-0.2, -0.15) is 0 Å². The second-order valence-electron chi connectivity index (χ2n) is 8.01. The maximum Gasteiger partial charge on any atom is 0.336 e. The molecule has 30 heavy (non-hydrogen) atoms. The highest BCUT2D eigenvalue weighted by atomic mass is 16.5. The molecule has 0 spiro atoms. The number of nitrogens with zero attached hydrogens (tertiary/aromatic N) is 1. The molecule has 0 radical (unpaired) electrons. The van der Waals surface area contributed by atoms with Gasteiger partial charge >= 0.3 is 5.97 Å². The van der Waals surface area contributed by atoms with Gasteiger partial charge in [0.05, 0.1) is 24.9 Å². The first-order valence-electron chi connectivity index (χ1n) is 10.0. The standard InChI is InChI=1S/C24H26N2O4/c1-14-21(24(28)29-4)23(20-6-5-11-30-20)22-18(25-14)12-16(13-19(22)27)15-7-9-17(10-8-15)26(2)3/h5-11,16,23,25H,12-13H2,1-4H3/t16-,23-/m0/s1. The van der Waals surface area contributed by atoms with Crippen LogP contribution < -0.4 is 10.2 Å². The SMILES string of the molecule is COC(=O)C1=C(C)NC2=C(C(=O)C[C@@H](c3ccc(N(C)C)cc3)C2)[C@H]1c1ccco1. The van der Waals surface area contributed by atoms with E-state index in [2.05, 4.69) is 34.5 Å². The lowest BCUT2D eigenvalue weighted by Crippen LogP contribution is -2.35. The van der Waals surface area contributed by atoms with Crippen LogP contribution in [0.3, 0.4) is 0 Å². The Morgan fingerprint density at radius 2 is 1.90 bits per heavy atom. The third-order valence-electron chi connectivity index (χ3n) is 5.94. The number of carbonyl (C=O) groups is 2. The fourth-order valence-electron chi connectivity index (χ4n) is 4.44. The number of ether oxygens (including phenoxy) is 1. The number of hydrogen-bond acceptors (Lipinski definition) is 6. The second-order valence-corrected chi connectivity index (χ2v) is 8.01. The molecule has 156 valence electrons.